The summed E-state index contributed by atoms with van der Waals surface area (Å²) in [6.07, 6.45) is 2.16. The maximum absolute atomic E-state index is 5.47. The quantitative estimate of drug-likeness (QED) is 0.879. The Hall–Kier alpha value is -1.30. The summed E-state index contributed by atoms with van der Waals surface area (Å²) >= 11 is 1.73. The molecule has 2 aromatic rings. The number of thioether (sulfide) groups is 1. The predicted octanol–water partition coefficient (Wildman–Crippen LogP) is 3.09. The van der Waals surface area contributed by atoms with Crippen LogP contribution < -0.4 is 5.32 Å². The summed E-state index contributed by atoms with van der Waals surface area (Å²) in [4.78, 5) is 5.97. The Morgan fingerprint density at radius 3 is 2.95 bits per heavy atom. The highest BCUT2D eigenvalue weighted by Crippen LogP contribution is 2.26. The molecule has 0 bridgehead atoms. The van der Waals surface area contributed by atoms with E-state index in [9.17, 15) is 0 Å². The molecule has 0 amide bonds. The van der Waals surface area contributed by atoms with E-state index in [-0.39, 0.29) is 12.1 Å². The van der Waals surface area contributed by atoms with Crippen molar-refractivity contribution in [1.29, 1.82) is 0 Å². The molecule has 2 atom stereocenters. The third kappa shape index (κ3) is 3.00. The molecule has 1 aliphatic heterocycles. The molecule has 0 aliphatic carbocycles. The molecule has 5 heteroatoms. The fraction of sp³-hybridized carbons (Fsp3) is 0.438. The van der Waals surface area contributed by atoms with Gasteiger partial charge in [0.1, 0.15) is 11.9 Å². The van der Waals surface area contributed by atoms with Crippen molar-refractivity contribution in [2.24, 2.45) is 0 Å². The Kier molecular flexibility index (Phi) is 4.33. The number of nitrogens with one attached hydrogen (secondary N) is 1. The van der Waals surface area contributed by atoms with E-state index in [0.717, 1.165) is 11.3 Å². The number of aromatic nitrogens is 1. The van der Waals surface area contributed by atoms with Crippen molar-refractivity contribution in [3.05, 3.63) is 29.8 Å². The van der Waals surface area contributed by atoms with E-state index in [1.807, 2.05) is 0 Å². The summed E-state index contributed by atoms with van der Waals surface area (Å²) in [5.74, 6) is 0.885. The van der Waals surface area contributed by atoms with E-state index in [0.29, 0.717) is 13.2 Å². The second-order valence-corrected chi connectivity index (χ2v) is 6.15. The zero-order valence-electron chi connectivity index (χ0n) is 12.6. The summed E-state index contributed by atoms with van der Waals surface area (Å²) in [7, 11) is 1.72. The Balaban J connectivity index is 1.92. The first-order valence-electron chi connectivity index (χ1n) is 7.03. The maximum Gasteiger partial charge on any atom is 0.127 e. The minimum absolute atomic E-state index is 0.0836. The normalized spacial score (nSPS) is 21.9. The van der Waals surface area contributed by atoms with Crippen LogP contribution in [0.25, 0.3) is 10.9 Å². The van der Waals surface area contributed by atoms with Crippen molar-refractivity contribution >= 4 is 28.5 Å². The number of nitrogens with zero attached hydrogens (tertiary/aromatic N) is 1. The van der Waals surface area contributed by atoms with Crippen LogP contribution >= 0.6 is 11.8 Å². The minimum atomic E-state index is 0.0836. The average molecular weight is 304 g/mol. The first-order valence-corrected chi connectivity index (χ1v) is 8.26. The van der Waals surface area contributed by atoms with Crippen LogP contribution in [0, 0.1) is 6.92 Å². The number of methoxy groups -OCH3 is 1. The van der Waals surface area contributed by atoms with Crippen LogP contribution in [-0.4, -0.2) is 43.7 Å². The molecule has 1 aromatic carbocycles. The first-order chi connectivity index (χ1) is 10.2. The molecule has 0 spiro atoms. The molecule has 1 aromatic heterocycles. The number of pyridine rings is 1. The van der Waals surface area contributed by atoms with Crippen LogP contribution in [-0.2, 0) is 9.47 Å². The molecular weight excluding hydrogens is 284 g/mol. The van der Waals surface area contributed by atoms with Gasteiger partial charge in [0.2, 0.25) is 0 Å². The molecule has 1 fully saturated rings. The summed E-state index contributed by atoms with van der Waals surface area (Å²) in [5.41, 5.74) is 2.25. The van der Waals surface area contributed by atoms with E-state index in [4.69, 9.17) is 14.5 Å². The molecule has 0 radical (unpaired) electrons. The predicted molar refractivity (Wildman–Crippen MR) is 87.3 cm³/mol. The van der Waals surface area contributed by atoms with Crippen molar-refractivity contribution in [2.45, 2.75) is 24.0 Å². The molecule has 1 saturated heterocycles. The second kappa shape index (κ2) is 6.22. The Bertz CT molecular complexity index is 647. The van der Waals surface area contributed by atoms with Gasteiger partial charge in [-0.3, -0.25) is 0 Å². The van der Waals surface area contributed by atoms with Gasteiger partial charge in [-0.2, -0.15) is 0 Å². The molecule has 0 unspecified atom stereocenters. The number of benzene rings is 1. The van der Waals surface area contributed by atoms with Gasteiger partial charge < -0.3 is 14.8 Å². The van der Waals surface area contributed by atoms with Crippen molar-refractivity contribution in [2.75, 3.05) is 31.9 Å². The number of hydrogen-bond acceptors (Lipinski definition) is 5. The van der Waals surface area contributed by atoms with Crippen molar-refractivity contribution in [3.63, 3.8) is 0 Å². The number of aryl methyl sites for hydroxylation is 1. The Labute approximate surface area is 129 Å². The SMILES string of the molecule is CO[C@H]1COC[C@@H]1Nc1cc(C)c2ccc(SC)cc2n1. The van der Waals surface area contributed by atoms with Gasteiger partial charge in [-0.25, -0.2) is 4.98 Å². The van der Waals surface area contributed by atoms with Gasteiger partial charge in [0.25, 0.3) is 0 Å². The van der Waals surface area contributed by atoms with Gasteiger partial charge in [0.15, 0.2) is 0 Å². The Morgan fingerprint density at radius 1 is 1.33 bits per heavy atom. The molecule has 3 rings (SSSR count). The third-order valence-electron chi connectivity index (χ3n) is 3.89. The number of hydrogen-bond donors (Lipinski definition) is 1. The lowest BCUT2D eigenvalue weighted by molar-refractivity contribution is 0.0795. The van der Waals surface area contributed by atoms with Gasteiger partial charge in [0, 0.05) is 17.4 Å². The van der Waals surface area contributed by atoms with Crippen molar-refractivity contribution in [3.8, 4) is 0 Å². The minimum Gasteiger partial charge on any atom is -0.377 e. The van der Waals surface area contributed by atoms with Gasteiger partial charge in [0.05, 0.1) is 24.8 Å². The van der Waals surface area contributed by atoms with Crippen LogP contribution in [0.1, 0.15) is 5.56 Å². The van der Waals surface area contributed by atoms with Gasteiger partial charge >= 0.3 is 0 Å². The summed E-state index contributed by atoms with van der Waals surface area (Å²) in [6, 6.07) is 8.66. The number of rotatable bonds is 4. The largest absolute Gasteiger partial charge is 0.377 e. The van der Waals surface area contributed by atoms with E-state index in [1.165, 1.54) is 15.8 Å². The van der Waals surface area contributed by atoms with Crippen molar-refractivity contribution in [1.82, 2.24) is 4.98 Å². The molecule has 0 saturated carbocycles. The summed E-state index contributed by atoms with van der Waals surface area (Å²) < 4.78 is 10.9. The highest BCUT2D eigenvalue weighted by atomic mass is 32.2. The zero-order chi connectivity index (χ0) is 14.8. The smallest absolute Gasteiger partial charge is 0.127 e. The van der Waals surface area contributed by atoms with Crippen molar-refractivity contribution < 1.29 is 9.47 Å². The highest BCUT2D eigenvalue weighted by molar-refractivity contribution is 7.98. The molecule has 21 heavy (non-hydrogen) atoms. The molecule has 4 nitrogen and oxygen atoms in total. The molecule has 112 valence electrons. The fourth-order valence-corrected chi connectivity index (χ4v) is 3.11. The van der Waals surface area contributed by atoms with Crippen LogP contribution in [0.4, 0.5) is 5.82 Å². The topological polar surface area (TPSA) is 43.4 Å². The Morgan fingerprint density at radius 2 is 2.19 bits per heavy atom. The van der Waals surface area contributed by atoms with E-state index in [2.05, 4.69) is 42.8 Å². The lowest BCUT2D eigenvalue weighted by Crippen LogP contribution is -2.33. The van der Waals surface area contributed by atoms with Crippen LogP contribution in [0.5, 0.6) is 0 Å². The number of ether oxygens (including phenoxy) is 2. The highest BCUT2D eigenvalue weighted by Gasteiger charge is 2.28. The molecule has 1 N–H and O–H groups in total. The van der Waals surface area contributed by atoms with E-state index >= 15 is 0 Å². The van der Waals surface area contributed by atoms with Crippen LogP contribution in [0.2, 0.25) is 0 Å². The van der Waals surface area contributed by atoms with Gasteiger partial charge in [-0.15, -0.1) is 11.8 Å². The molecular formula is C16H20N2O2S. The third-order valence-corrected chi connectivity index (χ3v) is 4.61. The molecule has 1 aliphatic rings. The number of fused-ring (bicyclic) bond motifs is 1. The van der Waals surface area contributed by atoms with Crippen LogP contribution in [0.15, 0.2) is 29.2 Å². The monoisotopic (exact) mass is 304 g/mol. The molecule has 2 heterocycles. The zero-order valence-corrected chi connectivity index (χ0v) is 13.4. The summed E-state index contributed by atoms with van der Waals surface area (Å²) in [5, 5.41) is 4.64. The first kappa shape index (κ1) is 14.6. The fourth-order valence-electron chi connectivity index (χ4n) is 2.67. The lowest BCUT2D eigenvalue weighted by Gasteiger charge is -2.19. The number of anilines is 1. The standard InChI is InChI=1S/C16H20N2O2S/c1-10-6-16(18-14-8-20-9-15(14)19-2)17-13-7-11(21-3)4-5-12(10)13/h4-7,14-15H,8-9H2,1-3H3,(H,17,18)/t14-,15-/m0/s1. The van der Waals surface area contributed by atoms with Gasteiger partial charge in [-0.1, -0.05) is 6.07 Å². The van der Waals surface area contributed by atoms with Crippen LogP contribution in [0.3, 0.4) is 0 Å². The van der Waals surface area contributed by atoms with E-state index < -0.39 is 0 Å². The second-order valence-electron chi connectivity index (χ2n) is 5.27. The average Bonchev–Trinajstić information content (AvgIpc) is 2.93. The maximum atomic E-state index is 5.47. The lowest BCUT2D eigenvalue weighted by atomic mass is 10.1. The summed E-state index contributed by atoms with van der Waals surface area (Å²) in [6.45, 7) is 3.41. The van der Waals surface area contributed by atoms with E-state index in [1.54, 1.807) is 18.9 Å². The van der Waals surface area contributed by atoms with Gasteiger partial charge in [-0.05, 0) is 36.9 Å².